The third kappa shape index (κ3) is 1.49. The lowest BCUT2D eigenvalue weighted by molar-refractivity contribution is -0.0441. The highest BCUT2D eigenvalue weighted by Crippen LogP contribution is 2.32. The molecule has 0 aliphatic heterocycles. The Morgan fingerprint density at radius 1 is 1.33 bits per heavy atom. The first-order valence-electron chi connectivity index (χ1n) is 3.39. The Bertz CT molecular complexity index is 270. The van der Waals surface area contributed by atoms with E-state index in [0.717, 1.165) is 0 Å². The van der Waals surface area contributed by atoms with Crippen molar-refractivity contribution in [3.05, 3.63) is 23.8 Å². The molecular formula is C8H10O4. The molecule has 0 amide bonds. The SMILES string of the molecule is COc1c(O)cccc1C(O)O. The molecule has 0 saturated carbocycles. The number of rotatable bonds is 2. The van der Waals surface area contributed by atoms with Crippen molar-refractivity contribution < 1.29 is 20.1 Å². The van der Waals surface area contributed by atoms with Gasteiger partial charge < -0.3 is 20.1 Å². The van der Waals surface area contributed by atoms with Gasteiger partial charge in [-0.3, -0.25) is 0 Å². The zero-order valence-corrected chi connectivity index (χ0v) is 6.56. The van der Waals surface area contributed by atoms with Gasteiger partial charge in [-0.25, -0.2) is 0 Å². The maximum atomic E-state index is 9.19. The predicted molar refractivity (Wildman–Crippen MR) is 41.8 cm³/mol. The van der Waals surface area contributed by atoms with Gasteiger partial charge in [0, 0.05) is 0 Å². The molecule has 4 heteroatoms. The molecule has 0 unspecified atom stereocenters. The van der Waals surface area contributed by atoms with Crippen LogP contribution >= 0.6 is 0 Å². The van der Waals surface area contributed by atoms with Gasteiger partial charge in [0.2, 0.25) is 0 Å². The fourth-order valence-corrected chi connectivity index (χ4v) is 0.968. The zero-order valence-electron chi connectivity index (χ0n) is 6.56. The lowest BCUT2D eigenvalue weighted by Crippen LogP contribution is -1.98. The Labute approximate surface area is 69.7 Å². The number of phenols is 1. The van der Waals surface area contributed by atoms with Crippen LogP contribution < -0.4 is 4.74 Å². The Hall–Kier alpha value is -1.26. The summed E-state index contributed by atoms with van der Waals surface area (Å²) in [6, 6.07) is 4.38. The zero-order chi connectivity index (χ0) is 9.14. The minimum atomic E-state index is -1.63. The van der Waals surface area contributed by atoms with Crippen LogP contribution in [0.3, 0.4) is 0 Å². The number of ether oxygens (including phenoxy) is 1. The molecule has 1 rings (SSSR count). The highest BCUT2D eigenvalue weighted by Gasteiger charge is 2.12. The fraction of sp³-hybridized carbons (Fsp3) is 0.250. The van der Waals surface area contributed by atoms with Gasteiger partial charge >= 0.3 is 0 Å². The Morgan fingerprint density at radius 3 is 2.42 bits per heavy atom. The van der Waals surface area contributed by atoms with E-state index in [-0.39, 0.29) is 17.1 Å². The number of phenolic OH excluding ortho intramolecular Hbond substituents is 1. The number of aliphatic hydroxyl groups is 2. The average Bonchev–Trinajstić information content (AvgIpc) is 2.03. The number of aliphatic hydroxyl groups excluding tert-OH is 1. The molecule has 0 fully saturated rings. The first-order valence-corrected chi connectivity index (χ1v) is 3.39. The van der Waals surface area contributed by atoms with Gasteiger partial charge in [0.25, 0.3) is 0 Å². The molecule has 3 N–H and O–H groups in total. The number of aromatic hydroxyl groups is 1. The van der Waals surface area contributed by atoms with Crippen LogP contribution in [0.5, 0.6) is 11.5 Å². The maximum Gasteiger partial charge on any atom is 0.182 e. The molecule has 0 saturated heterocycles. The third-order valence-electron chi connectivity index (χ3n) is 1.51. The number of benzene rings is 1. The predicted octanol–water partition coefficient (Wildman–Crippen LogP) is 0.384. The van der Waals surface area contributed by atoms with Crippen molar-refractivity contribution >= 4 is 0 Å². The van der Waals surface area contributed by atoms with Crippen LogP contribution in [0.1, 0.15) is 11.9 Å². The maximum absolute atomic E-state index is 9.19. The van der Waals surface area contributed by atoms with Crippen LogP contribution in [-0.2, 0) is 0 Å². The number of para-hydroxylation sites is 1. The average molecular weight is 170 g/mol. The minimum absolute atomic E-state index is 0.0903. The summed E-state index contributed by atoms with van der Waals surface area (Å²) < 4.78 is 4.77. The summed E-state index contributed by atoms with van der Waals surface area (Å²) in [5.74, 6) is -0.0180. The van der Waals surface area contributed by atoms with Crippen molar-refractivity contribution in [2.45, 2.75) is 6.29 Å². The third-order valence-corrected chi connectivity index (χ3v) is 1.51. The van der Waals surface area contributed by atoms with Crippen molar-refractivity contribution in [3.8, 4) is 11.5 Å². The van der Waals surface area contributed by atoms with E-state index in [2.05, 4.69) is 0 Å². The molecule has 4 nitrogen and oxygen atoms in total. The van der Waals surface area contributed by atoms with E-state index in [1.54, 1.807) is 0 Å². The van der Waals surface area contributed by atoms with Crippen LogP contribution in [0.15, 0.2) is 18.2 Å². The van der Waals surface area contributed by atoms with Gasteiger partial charge in [0.1, 0.15) is 0 Å². The highest BCUT2D eigenvalue weighted by molar-refractivity contribution is 5.45. The van der Waals surface area contributed by atoms with Crippen molar-refractivity contribution in [2.24, 2.45) is 0 Å². The van der Waals surface area contributed by atoms with Gasteiger partial charge in [-0.2, -0.15) is 0 Å². The molecule has 0 spiro atoms. The smallest absolute Gasteiger partial charge is 0.182 e. The number of hydrogen-bond donors (Lipinski definition) is 3. The van der Waals surface area contributed by atoms with Crippen LogP contribution in [0.25, 0.3) is 0 Å². The molecule has 1 aromatic carbocycles. The van der Waals surface area contributed by atoms with Gasteiger partial charge in [-0.05, 0) is 12.1 Å². The molecule has 1 aromatic rings. The van der Waals surface area contributed by atoms with Gasteiger partial charge in [0.05, 0.1) is 12.7 Å². The van der Waals surface area contributed by atoms with E-state index in [0.29, 0.717) is 0 Å². The van der Waals surface area contributed by atoms with Crippen molar-refractivity contribution in [3.63, 3.8) is 0 Å². The van der Waals surface area contributed by atoms with Crippen molar-refractivity contribution in [1.29, 1.82) is 0 Å². The van der Waals surface area contributed by atoms with E-state index in [9.17, 15) is 5.11 Å². The lowest BCUT2D eigenvalue weighted by Gasteiger charge is -2.10. The summed E-state index contributed by atoms with van der Waals surface area (Å²) >= 11 is 0. The van der Waals surface area contributed by atoms with Gasteiger partial charge in [-0.1, -0.05) is 6.07 Å². The van der Waals surface area contributed by atoms with Crippen molar-refractivity contribution in [2.75, 3.05) is 7.11 Å². The molecular weight excluding hydrogens is 160 g/mol. The van der Waals surface area contributed by atoms with Gasteiger partial charge in [0.15, 0.2) is 17.8 Å². The largest absolute Gasteiger partial charge is 0.504 e. The van der Waals surface area contributed by atoms with Crippen LogP contribution in [0.4, 0.5) is 0 Å². The second kappa shape index (κ2) is 3.42. The first kappa shape index (κ1) is 8.83. The molecule has 0 bridgehead atoms. The summed E-state index contributed by atoms with van der Waals surface area (Å²) in [6.45, 7) is 0. The standard InChI is InChI=1S/C8H10O4/c1-12-7-5(8(10)11)3-2-4-6(7)9/h2-4,8-11H,1H3. The molecule has 0 aliphatic carbocycles. The van der Waals surface area contributed by atoms with E-state index in [4.69, 9.17) is 14.9 Å². The molecule has 0 atom stereocenters. The van der Waals surface area contributed by atoms with Gasteiger partial charge in [-0.15, -0.1) is 0 Å². The van der Waals surface area contributed by atoms with E-state index >= 15 is 0 Å². The fourth-order valence-electron chi connectivity index (χ4n) is 0.968. The lowest BCUT2D eigenvalue weighted by atomic mass is 10.2. The second-order valence-corrected chi connectivity index (χ2v) is 2.27. The Kier molecular flexibility index (Phi) is 2.52. The van der Waals surface area contributed by atoms with Crippen LogP contribution in [0, 0.1) is 0 Å². The first-order chi connectivity index (χ1) is 5.66. The summed E-state index contributed by atoms with van der Waals surface area (Å²) in [4.78, 5) is 0. The molecule has 0 aromatic heterocycles. The molecule has 0 radical (unpaired) electrons. The second-order valence-electron chi connectivity index (χ2n) is 2.27. The summed E-state index contributed by atoms with van der Waals surface area (Å²) in [5, 5.41) is 26.8. The Balaban J connectivity index is 3.18. The van der Waals surface area contributed by atoms with Crippen LogP contribution in [0.2, 0.25) is 0 Å². The number of hydrogen-bond acceptors (Lipinski definition) is 4. The Morgan fingerprint density at radius 2 is 2.00 bits per heavy atom. The molecule has 0 aliphatic rings. The van der Waals surface area contributed by atoms with E-state index < -0.39 is 6.29 Å². The van der Waals surface area contributed by atoms with E-state index in [1.807, 2.05) is 0 Å². The summed E-state index contributed by atoms with van der Waals surface area (Å²) in [7, 11) is 1.35. The van der Waals surface area contributed by atoms with Crippen molar-refractivity contribution in [1.82, 2.24) is 0 Å². The number of methoxy groups -OCH3 is 1. The molecule has 12 heavy (non-hydrogen) atoms. The summed E-state index contributed by atoms with van der Waals surface area (Å²) in [5.41, 5.74) is 0.150. The highest BCUT2D eigenvalue weighted by atomic mass is 16.5. The van der Waals surface area contributed by atoms with E-state index in [1.165, 1.54) is 25.3 Å². The van der Waals surface area contributed by atoms with Crippen LogP contribution in [-0.4, -0.2) is 22.4 Å². The molecule has 66 valence electrons. The monoisotopic (exact) mass is 170 g/mol. The quantitative estimate of drug-likeness (QED) is 0.561. The minimum Gasteiger partial charge on any atom is -0.504 e. The molecule has 0 heterocycles. The normalized spacial score (nSPS) is 10.3. The summed E-state index contributed by atoms with van der Waals surface area (Å²) in [6.07, 6.45) is -1.63. The topological polar surface area (TPSA) is 69.9 Å².